The lowest BCUT2D eigenvalue weighted by Gasteiger charge is -2.37. The Morgan fingerprint density at radius 3 is 2.08 bits per heavy atom. The highest BCUT2D eigenvalue weighted by Gasteiger charge is 2.43. The molecule has 0 saturated carbocycles. The van der Waals surface area contributed by atoms with Gasteiger partial charge in [0.1, 0.15) is 12.2 Å². The Morgan fingerprint density at radius 1 is 0.885 bits per heavy atom. The van der Waals surface area contributed by atoms with Gasteiger partial charge in [-0.05, 0) is 11.1 Å². The van der Waals surface area contributed by atoms with Gasteiger partial charge in [0, 0.05) is 0 Å². The maximum absolute atomic E-state index is 12.0. The van der Waals surface area contributed by atoms with Crippen LogP contribution in [0.5, 0.6) is 0 Å². The maximum atomic E-state index is 12.0. The van der Waals surface area contributed by atoms with Crippen LogP contribution < -0.4 is 5.32 Å². The summed E-state index contributed by atoms with van der Waals surface area (Å²) < 4.78 is 11.3. The average Bonchev–Trinajstić information content (AvgIpc) is 2.67. The van der Waals surface area contributed by atoms with Crippen molar-refractivity contribution in [1.29, 1.82) is 0 Å². The Kier molecular flexibility index (Phi) is 6.35. The van der Waals surface area contributed by atoms with Crippen molar-refractivity contribution in [3.8, 4) is 0 Å². The first kappa shape index (κ1) is 18.5. The first-order chi connectivity index (χ1) is 12.6. The minimum atomic E-state index is -1.42. The molecule has 1 aliphatic rings. The first-order valence-corrected chi connectivity index (χ1v) is 8.59. The van der Waals surface area contributed by atoms with Crippen molar-refractivity contribution in [3.63, 3.8) is 0 Å². The average molecular weight is 357 g/mol. The zero-order valence-corrected chi connectivity index (χ0v) is 14.3. The molecule has 0 bridgehead atoms. The van der Waals surface area contributed by atoms with Crippen LogP contribution in [-0.4, -0.2) is 47.1 Å². The molecule has 0 aliphatic carbocycles. The number of ether oxygens (including phenoxy) is 2. The second-order valence-corrected chi connectivity index (χ2v) is 6.31. The minimum absolute atomic E-state index is 0.125. The van der Waals surface area contributed by atoms with Crippen LogP contribution in [0.15, 0.2) is 60.7 Å². The summed E-state index contributed by atoms with van der Waals surface area (Å²) in [5, 5.41) is 23.2. The van der Waals surface area contributed by atoms with Crippen LogP contribution in [0.3, 0.4) is 0 Å². The van der Waals surface area contributed by atoms with E-state index in [0.717, 1.165) is 11.1 Å². The molecule has 138 valence electrons. The molecule has 1 heterocycles. The second kappa shape index (κ2) is 8.91. The van der Waals surface area contributed by atoms with E-state index in [2.05, 4.69) is 5.32 Å². The molecule has 2 aromatic rings. The SMILES string of the molecule is O=C1N[C@H](COCc2ccccc2)[C@@H](O)[C@H](OCc2ccccc2)[C@H]1O. The van der Waals surface area contributed by atoms with Crippen molar-refractivity contribution in [2.24, 2.45) is 0 Å². The van der Waals surface area contributed by atoms with Gasteiger partial charge in [-0.1, -0.05) is 60.7 Å². The molecule has 6 nitrogen and oxygen atoms in total. The molecule has 4 atom stereocenters. The quantitative estimate of drug-likeness (QED) is 0.688. The Morgan fingerprint density at radius 2 is 1.46 bits per heavy atom. The number of rotatable bonds is 7. The van der Waals surface area contributed by atoms with Crippen molar-refractivity contribution in [2.45, 2.75) is 37.6 Å². The molecule has 0 spiro atoms. The number of hydrogen-bond donors (Lipinski definition) is 3. The molecule has 0 radical (unpaired) electrons. The number of nitrogens with one attached hydrogen (secondary N) is 1. The van der Waals surface area contributed by atoms with Gasteiger partial charge in [0.15, 0.2) is 6.10 Å². The topological polar surface area (TPSA) is 88.0 Å². The summed E-state index contributed by atoms with van der Waals surface area (Å²) in [6.45, 7) is 0.697. The van der Waals surface area contributed by atoms with E-state index in [1.807, 2.05) is 60.7 Å². The van der Waals surface area contributed by atoms with E-state index < -0.39 is 30.3 Å². The highest BCUT2D eigenvalue weighted by atomic mass is 16.5. The van der Waals surface area contributed by atoms with E-state index in [4.69, 9.17) is 9.47 Å². The van der Waals surface area contributed by atoms with E-state index in [-0.39, 0.29) is 13.2 Å². The molecule has 0 unspecified atom stereocenters. The lowest BCUT2D eigenvalue weighted by molar-refractivity contribution is -0.168. The molecule has 0 aromatic heterocycles. The van der Waals surface area contributed by atoms with Gasteiger partial charge < -0.3 is 25.0 Å². The number of benzene rings is 2. The third kappa shape index (κ3) is 4.68. The van der Waals surface area contributed by atoms with Crippen LogP contribution in [0.2, 0.25) is 0 Å². The maximum Gasteiger partial charge on any atom is 0.252 e. The number of piperidine rings is 1. The molecule has 3 rings (SSSR count). The van der Waals surface area contributed by atoms with Gasteiger partial charge >= 0.3 is 0 Å². The van der Waals surface area contributed by atoms with Gasteiger partial charge in [0.05, 0.1) is 25.9 Å². The number of aliphatic hydroxyl groups excluding tert-OH is 2. The standard InChI is InChI=1S/C20H23NO5/c22-17-16(13-25-11-14-7-3-1-4-8-14)21-20(24)18(23)19(17)26-12-15-9-5-2-6-10-15/h1-10,16-19,22-23H,11-13H2,(H,21,24)/t16-,17-,18-,19+/m1/s1. The summed E-state index contributed by atoms with van der Waals surface area (Å²) in [7, 11) is 0. The lowest BCUT2D eigenvalue weighted by atomic mass is 9.95. The molecule has 2 aromatic carbocycles. The summed E-state index contributed by atoms with van der Waals surface area (Å²) in [6.07, 6.45) is -3.49. The minimum Gasteiger partial charge on any atom is -0.388 e. The fourth-order valence-corrected chi connectivity index (χ4v) is 2.89. The number of amides is 1. The number of aliphatic hydroxyl groups is 2. The predicted octanol–water partition coefficient (Wildman–Crippen LogP) is 1.01. The van der Waals surface area contributed by atoms with Crippen molar-refractivity contribution >= 4 is 5.91 Å². The highest BCUT2D eigenvalue weighted by molar-refractivity contribution is 5.82. The fourth-order valence-electron chi connectivity index (χ4n) is 2.89. The molecule has 1 amide bonds. The molecule has 1 saturated heterocycles. The van der Waals surface area contributed by atoms with E-state index in [1.54, 1.807) is 0 Å². The van der Waals surface area contributed by atoms with Crippen LogP contribution in [0, 0.1) is 0 Å². The third-order valence-electron chi connectivity index (χ3n) is 4.35. The first-order valence-electron chi connectivity index (χ1n) is 8.59. The van der Waals surface area contributed by atoms with E-state index >= 15 is 0 Å². The zero-order chi connectivity index (χ0) is 18.4. The molecule has 1 fully saturated rings. The Hall–Kier alpha value is -2.25. The summed E-state index contributed by atoms with van der Waals surface area (Å²) in [4.78, 5) is 12.0. The number of hydrogen-bond acceptors (Lipinski definition) is 5. The number of carbonyl (C=O) groups excluding carboxylic acids is 1. The largest absolute Gasteiger partial charge is 0.388 e. The zero-order valence-electron chi connectivity index (χ0n) is 14.3. The van der Waals surface area contributed by atoms with Crippen molar-refractivity contribution < 1.29 is 24.5 Å². The van der Waals surface area contributed by atoms with Crippen molar-refractivity contribution in [3.05, 3.63) is 71.8 Å². The predicted molar refractivity (Wildman–Crippen MR) is 95.1 cm³/mol. The van der Waals surface area contributed by atoms with Crippen LogP contribution in [-0.2, 0) is 27.5 Å². The van der Waals surface area contributed by atoms with Gasteiger partial charge in [-0.25, -0.2) is 0 Å². The molecular formula is C20H23NO5. The van der Waals surface area contributed by atoms with Gasteiger partial charge in [0.2, 0.25) is 0 Å². The summed E-state index contributed by atoms with van der Waals surface area (Å²) in [5.74, 6) is -0.568. The van der Waals surface area contributed by atoms with E-state index in [0.29, 0.717) is 6.61 Å². The Balaban J connectivity index is 1.56. The summed E-state index contributed by atoms with van der Waals surface area (Å²) in [5.41, 5.74) is 1.90. The van der Waals surface area contributed by atoms with Crippen molar-refractivity contribution in [2.75, 3.05) is 6.61 Å². The molecule has 26 heavy (non-hydrogen) atoms. The lowest BCUT2D eigenvalue weighted by Crippen LogP contribution is -2.64. The van der Waals surface area contributed by atoms with Crippen LogP contribution in [0.1, 0.15) is 11.1 Å². The molecular weight excluding hydrogens is 334 g/mol. The Labute approximate surface area is 152 Å². The van der Waals surface area contributed by atoms with Gasteiger partial charge in [-0.2, -0.15) is 0 Å². The van der Waals surface area contributed by atoms with E-state index in [1.165, 1.54) is 0 Å². The van der Waals surface area contributed by atoms with Crippen LogP contribution in [0.4, 0.5) is 0 Å². The molecule has 1 aliphatic heterocycles. The van der Waals surface area contributed by atoms with Gasteiger partial charge in [0.25, 0.3) is 5.91 Å². The summed E-state index contributed by atoms with van der Waals surface area (Å²) in [6, 6.07) is 18.4. The van der Waals surface area contributed by atoms with Crippen LogP contribution in [0.25, 0.3) is 0 Å². The van der Waals surface area contributed by atoms with E-state index in [9.17, 15) is 15.0 Å². The summed E-state index contributed by atoms with van der Waals surface area (Å²) >= 11 is 0. The van der Waals surface area contributed by atoms with Crippen molar-refractivity contribution in [1.82, 2.24) is 5.32 Å². The van der Waals surface area contributed by atoms with Gasteiger partial charge in [-0.3, -0.25) is 4.79 Å². The van der Waals surface area contributed by atoms with Gasteiger partial charge in [-0.15, -0.1) is 0 Å². The molecule has 6 heteroatoms. The molecule has 3 N–H and O–H groups in total. The van der Waals surface area contributed by atoms with Crippen LogP contribution >= 0.6 is 0 Å². The number of carbonyl (C=O) groups is 1. The second-order valence-electron chi connectivity index (χ2n) is 6.31. The normalized spacial score (nSPS) is 25.7. The fraction of sp³-hybridized carbons (Fsp3) is 0.350. The third-order valence-corrected chi connectivity index (χ3v) is 4.35. The smallest absolute Gasteiger partial charge is 0.252 e. The Bertz CT molecular complexity index is 694. The monoisotopic (exact) mass is 357 g/mol. The highest BCUT2D eigenvalue weighted by Crippen LogP contribution is 2.18.